The van der Waals surface area contributed by atoms with Gasteiger partial charge in [0.25, 0.3) is 5.24 Å². The molecule has 1 fully saturated rings. The second-order valence-electron chi connectivity index (χ2n) is 5.96. The number of hydrogen-bond donors (Lipinski definition) is 0. The summed E-state index contributed by atoms with van der Waals surface area (Å²) < 4.78 is 5.89. The number of benzene rings is 2. The molecule has 0 N–H and O–H groups in total. The summed E-state index contributed by atoms with van der Waals surface area (Å²) in [6.07, 6.45) is 1.82. The van der Waals surface area contributed by atoms with Gasteiger partial charge in [-0.05, 0) is 47.7 Å². The number of carbonyl (C=O) groups is 1. The quantitative estimate of drug-likeness (QED) is 0.356. The molecule has 2 heterocycles. The molecule has 1 saturated heterocycles. The van der Waals surface area contributed by atoms with Gasteiger partial charge in [0.15, 0.2) is 0 Å². The highest BCUT2D eigenvalue weighted by Gasteiger charge is 2.31. The topological polar surface area (TPSA) is 33.5 Å². The van der Waals surface area contributed by atoms with Crippen LogP contribution in [0.1, 0.15) is 11.3 Å². The molecule has 134 valence electrons. The molecule has 0 bridgehead atoms. The summed E-state index contributed by atoms with van der Waals surface area (Å²) in [4.78, 5) is 15.2. The van der Waals surface area contributed by atoms with E-state index in [4.69, 9.17) is 28.2 Å². The predicted molar refractivity (Wildman–Crippen MR) is 115 cm³/mol. The van der Waals surface area contributed by atoms with Gasteiger partial charge in [-0.3, -0.25) is 9.69 Å². The lowest BCUT2D eigenvalue weighted by molar-refractivity contribution is 0.244. The zero-order chi connectivity index (χ0) is 18.8. The monoisotopic (exact) mass is 411 g/mol. The fourth-order valence-electron chi connectivity index (χ4n) is 2.73. The van der Waals surface area contributed by atoms with Crippen LogP contribution < -0.4 is 0 Å². The first kappa shape index (κ1) is 18.0. The van der Waals surface area contributed by atoms with Crippen LogP contribution in [0.4, 0.5) is 4.79 Å². The molecule has 1 amide bonds. The van der Waals surface area contributed by atoms with Gasteiger partial charge in [0.1, 0.15) is 16.5 Å². The highest BCUT2D eigenvalue weighted by Crippen LogP contribution is 2.35. The molecule has 0 saturated carbocycles. The number of rotatable bonds is 4. The lowest BCUT2D eigenvalue weighted by Gasteiger charge is -2.14. The number of furan rings is 1. The first-order valence-corrected chi connectivity index (χ1v) is 9.85. The normalized spacial score (nSPS) is 15.7. The molecule has 4 rings (SSSR count). The van der Waals surface area contributed by atoms with Crippen molar-refractivity contribution >= 4 is 51.9 Å². The van der Waals surface area contributed by atoms with E-state index >= 15 is 0 Å². The molecule has 1 aliphatic rings. The van der Waals surface area contributed by atoms with E-state index < -0.39 is 0 Å². The van der Waals surface area contributed by atoms with Crippen molar-refractivity contribution in [1.82, 2.24) is 4.90 Å². The Morgan fingerprint density at radius 3 is 2.52 bits per heavy atom. The predicted octanol–water partition coefficient (Wildman–Crippen LogP) is 6.64. The summed E-state index contributed by atoms with van der Waals surface area (Å²) in [6, 6.07) is 21.1. The number of carbonyl (C=O) groups excluding carboxylic acids is 1. The van der Waals surface area contributed by atoms with Crippen molar-refractivity contribution in [2.45, 2.75) is 6.54 Å². The minimum Gasteiger partial charge on any atom is -0.457 e. The Morgan fingerprint density at radius 1 is 1.04 bits per heavy atom. The van der Waals surface area contributed by atoms with Gasteiger partial charge in [0.05, 0.1) is 11.4 Å². The molecule has 0 radical (unpaired) electrons. The van der Waals surface area contributed by atoms with Crippen molar-refractivity contribution in [3.63, 3.8) is 0 Å². The Hall–Kier alpha value is -2.34. The van der Waals surface area contributed by atoms with Crippen LogP contribution in [0.3, 0.4) is 0 Å². The fraction of sp³-hybridized carbons (Fsp3) is 0.0476. The van der Waals surface area contributed by atoms with Crippen LogP contribution >= 0.6 is 35.6 Å². The van der Waals surface area contributed by atoms with Gasteiger partial charge in [-0.25, -0.2) is 0 Å². The molecular formula is C21H14ClNO2S2. The third kappa shape index (κ3) is 4.00. The third-order valence-corrected chi connectivity index (χ3v) is 5.83. The van der Waals surface area contributed by atoms with Crippen molar-refractivity contribution < 1.29 is 9.21 Å². The van der Waals surface area contributed by atoms with Gasteiger partial charge in [-0.15, -0.1) is 0 Å². The van der Waals surface area contributed by atoms with Crippen molar-refractivity contribution in [3.05, 3.63) is 88.0 Å². The van der Waals surface area contributed by atoms with Crippen molar-refractivity contribution in [1.29, 1.82) is 0 Å². The van der Waals surface area contributed by atoms with Gasteiger partial charge in [0.2, 0.25) is 0 Å². The Kier molecular flexibility index (Phi) is 5.16. The minimum atomic E-state index is -0.0870. The molecular weight excluding hydrogens is 398 g/mol. The van der Waals surface area contributed by atoms with Crippen molar-refractivity contribution in [3.8, 4) is 11.3 Å². The van der Waals surface area contributed by atoms with Crippen molar-refractivity contribution in [2.24, 2.45) is 0 Å². The lowest BCUT2D eigenvalue weighted by atomic mass is 10.2. The van der Waals surface area contributed by atoms with Crippen molar-refractivity contribution in [2.75, 3.05) is 0 Å². The number of thiocarbonyl (C=S) groups is 1. The highest BCUT2D eigenvalue weighted by atomic mass is 35.5. The minimum absolute atomic E-state index is 0.0870. The summed E-state index contributed by atoms with van der Waals surface area (Å²) in [6.45, 7) is 0.423. The largest absolute Gasteiger partial charge is 0.457 e. The van der Waals surface area contributed by atoms with Crippen LogP contribution in [0.25, 0.3) is 17.4 Å². The number of hydrogen-bond acceptors (Lipinski definition) is 4. The van der Waals surface area contributed by atoms with Crippen LogP contribution in [0.2, 0.25) is 5.02 Å². The fourth-order valence-corrected chi connectivity index (χ4v) is 4.07. The Labute approximate surface area is 171 Å². The van der Waals surface area contributed by atoms with Gasteiger partial charge < -0.3 is 4.42 Å². The first-order chi connectivity index (χ1) is 13.1. The summed E-state index contributed by atoms with van der Waals surface area (Å²) >= 11 is 12.6. The number of halogens is 1. The van der Waals surface area contributed by atoms with Crippen LogP contribution in [-0.4, -0.2) is 15.1 Å². The molecule has 0 unspecified atom stereocenters. The molecule has 3 nitrogen and oxygen atoms in total. The van der Waals surface area contributed by atoms with Gasteiger partial charge in [-0.2, -0.15) is 0 Å². The maximum Gasteiger partial charge on any atom is 0.291 e. The van der Waals surface area contributed by atoms with E-state index in [0.717, 1.165) is 33.6 Å². The van der Waals surface area contributed by atoms with E-state index in [2.05, 4.69) is 0 Å². The second kappa shape index (κ2) is 7.72. The summed E-state index contributed by atoms with van der Waals surface area (Å²) in [5.41, 5.74) is 1.98. The van der Waals surface area contributed by atoms with E-state index in [1.165, 1.54) is 0 Å². The molecule has 27 heavy (non-hydrogen) atoms. The van der Waals surface area contributed by atoms with Crippen LogP contribution in [0.5, 0.6) is 0 Å². The van der Waals surface area contributed by atoms with E-state index in [-0.39, 0.29) is 5.24 Å². The highest BCUT2D eigenvalue weighted by molar-refractivity contribution is 8.19. The number of thioether (sulfide) groups is 1. The van der Waals surface area contributed by atoms with Gasteiger partial charge >= 0.3 is 0 Å². The van der Waals surface area contributed by atoms with Crippen LogP contribution in [0.15, 0.2) is 76.1 Å². The van der Waals surface area contributed by atoms with E-state index in [1.54, 1.807) is 17.0 Å². The van der Waals surface area contributed by atoms with E-state index in [0.29, 0.717) is 22.3 Å². The van der Waals surface area contributed by atoms with E-state index in [1.807, 2.05) is 60.7 Å². The smallest absolute Gasteiger partial charge is 0.291 e. The maximum absolute atomic E-state index is 12.4. The molecule has 1 aliphatic heterocycles. The summed E-state index contributed by atoms with van der Waals surface area (Å²) in [5.74, 6) is 1.44. The maximum atomic E-state index is 12.4. The van der Waals surface area contributed by atoms with Gasteiger partial charge in [-0.1, -0.05) is 66.3 Å². The Balaban J connectivity index is 1.53. The molecule has 2 aromatic carbocycles. The second-order valence-corrected chi connectivity index (χ2v) is 7.78. The summed E-state index contributed by atoms with van der Waals surface area (Å²) in [5, 5.41) is 0.576. The Bertz CT molecular complexity index is 1030. The average Bonchev–Trinajstić information content (AvgIpc) is 3.25. The zero-order valence-electron chi connectivity index (χ0n) is 14.1. The molecule has 1 aromatic heterocycles. The lowest BCUT2D eigenvalue weighted by Crippen LogP contribution is -2.26. The standard InChI is InChI=1S/C21H14ClNO2S2/c22-16-8-6-14(7-9-16)13-23-20(26)19(27-21(23)24)12-17-10-11-18(25-17)15-4-2-1-3-5-15/h1-12H,13H2. The molecule has 0 atom stereocenters. The SMILES string of the molecule is O=C1SC(=Cc2ccc(-c3ccccc3)o2)C(=S)N1Cc1ccc(Cl)cc1. The number of nitrogens with zero attached hydrogens (tertiary/aromatic N) is 1. The van der Waals surface area contributed by atoms with Gasteiger partial charge in [0, 0.05) is 10.6 Å². The number of amides is 1. The zero-order valence-corrected chi connectivity index (χ0v) is 16.5. The molecule has 6 heteroatoms. The Morgan fingerprint density at radius 2 is 1.78 bits per heavy atom. The first-order valence-electron chi connectivity index (χ1n) is 8.25. The molecule has 3 aromatic rings. The molecule has 0 aliphatic carbocycles. The third-order valence-electron chi connectivity index (χ3n) is 4.09. The summed E-state index contributed by atoms with van der Waals surface area (Å²) in [7, 11) is 0. The van der Waals surface area contributed by atoms with Crippen LogP contribution in [0, 0.1) is 0 Å². The van der Waals surface area contributed by atoms with E-state index in [9.17, 15) is 4.79 Å². The molecule has 0 spiro atoms. The van der Waals surface area contributed by atoms with Crippen LogP contribution in [-0.2, 0) is 6.54 Å². The average molecular weight is 412 g/mol.